The first-order valence-corrected chi connectivity index (χ1v) is 16.1. The van der Waals surface area contributed by atoms with Gasteiger partial charge in [-0.05, 0) is 80.6 Å². The van der Waals surface area contributed by atoms with Crippen molar-refractivity contribution in [2.45, 2.75) is 59.1 Å². The highest BCUT2D eigenvalue weighted by Crippen LogP contribution is 2.48. The van der Waals surface area contributed by atoms with Gasteiger partial charge in [-0.3, -0.25) is 4.79 Å². The fourth-order valence-corrected chi connectivity index (χ4v) is 6.67. The van der Waals surface area contributed by atoms with E-state index in [-0.39, 0.29) is 5.92 Å². The summed E-state index contributed by atoms with van der Waals surface area (Å²) in [5.41, 5.74) is 11.1. The number of aryl methyl sites for hydroxylation is 1. The number of aromatic nitrogens is 2. The third-order valence-corrected chi connectivity index (χ3v) is 8.85. The van der Waals surface area contributed by atoms with Crippen LogP contribution in [0.5, 0.6) is 0 Å². The summed E-state index contributed by atoms with van der Waals surface area (Å²) in [4.78, 5) is 23.5. The van der Waals surface area contributed by atoms with Gasteiger partial charge in [0.15, 0.2) is 0 Å². The van der Waals surface area contributed by atoms with Crippen molar-refractivity contribution in [2.24, 2.45) is 5.92 Å². The van der Waals surface area contributed by atoms with E-state index in [1.165, 1.54) is 40.0 Å². The number of rotatable bonds is 17. The molecular formula is C35H49N7O2. The molecule has 2 aliphatic carbocycles. The lowest BCUT2D eigenvalue weighted by molar-refractivity contribution is -0.109. The monoisotopic (exact) mass is 599 g/mol. The van der Waals surface area contributed by atoms with Crippen LogP contribution in [0.3, 0.4) is 0 Å². The summed E-state index contributed by atoms with van der Waals surface area (Å²) in [7, 11) is 4.19. The van der Waals surface area contributed by atoms with Gasteiger partial charge < -0.3 is 35.5 Å². The smallest absolute Gasteiger partial charge is 0.207 e. The molecule has 236 valence electrons. The minimum atomic E-state index is 0.276. The van der Waals surface area contributed by atoms with Gasteiger partial charge in [-0.2, -0.15) is 0 Å². The molecule has 4 N–H and O–H groups in total. The van der Waals surface area contributed by atoms with Gasteiger partial charge in [-0.25, -0.2) is 4.98 Å². The Hall–Kier alpha value is -3.98. The fraction of sp³-hybridized carbons (Fsp3) is 0.486. The van der Waals surface area contributed by atoms with Crippen LogP contribution in [0.25, 0.3) is 16.8 Å². The maximum atomic E-state index is 10.8. The minimum absolute atomic E-state index is 0.276. The molecule has 1 unspecified atom stereocenters. The second kappa shape index (κ2) is 14.7. The number of nitrogens with zero attached hydrogens (tertiary/aromatic N) is 3. The van der Waals surface area contributed by atoms with E-state index < -0.39 is 0 Å². The molecular weight excluding hydrogens is 550 g/mol. The Morgan fingerprint density at radius 1 is 1.16 bits per heavy atom. The summed E-state index contributed by atoms with van der Waals surface area (Å²) < 4.78 is 6.46. The number of amides is 1. The number of likely N-dealkylation sites (N-methyl/N-ethyl adjacent to an activating group) is 1. The standard InChI is InChI=1S/C35H49N7O2/c1-6-11-41(5)13-10-37-19-30(36-4)28-15-26-9-8-25-14-27(16-29-22-44-32(17-28)35(26)34(25)29)31-20-39-33(40-31)21-42(12-7-2)24(3)18-38-23-43/h14,16-17,19-20,23,28,36-37H,3,6-13,15,18,21-22H2,1-2,4-5H3,(H,38,43)(H,39,40)/b30-19-. The van der Waals surface area contributed by atoms with Gasteiger partial charge in [0.05, 0.1) is 25.0 Å². The van der Waals surface area contributed by atoms with Crippen LogP contribution in [0.1, 0.15) is 62.0 Å². The second-order valence-electron chi connectivity index (χ2n) is 12.1. The predicted octanol–water partition coefficient (Wildman–Crippen LogP) is 4.67. The molecule has 1 amide bonds. The predicted molar refractivity (Wildman–Crippen MR) is 177 cm³/mol. The number of imidazole rings is 1. The fourth-order valence-electron chi connectivity index (χ4n) is 6.67. The number of carbonyl (C=O) groups excluding carboxylic acids is 1. The van der Waals surface area contributed by atoms with E-state index in [1.54, 1.807) is 0 Å². The average Bonchev–Trinajstić information content (AvgIpc) is 3.50. The van der Waals surface area contributed by atoms with Gasteiger partial charge in [-0.15, -0.1) is 0 Å². The van der Waals surface area contributed by atoms with E-state index in [0.717, 1.165) is 80.4 Å². The highest BCUT2D eigenvalue weighted by molar-refractivity contribution is 5.88. The van der Waals surface area contributed by atoms with E-state index in [9.17, 15) is 4.79 Å². The Morgan fingerprint density at radius 2 is 1.98 bits per heavy atom. The summed E-state index contributed by atoms with van der Waals surface area (Å²) in [5.74, 6) is 2.19. The molecule has 1 aromatic heterocycles. The quantitative estimate of drug-likeness (QED) is 0.155. The number of carbonyl (C=O) groups is 1. The maximum Gasteiger partial charge on any atom is 0.207 e. The van der Waals surface area contributed by atoms with Crippen LogP contribution in [0, 0.1) is 5.92 Å². The van der Waals surface area contributed by atoms with Gasteiger partial charge >= 0.3 is 0 Å². The van der Waals surface area contributed by atoms with E-state index in [1.807, 2.05) is 13.2 Å². The molecule has 9 heteroatoms. The highest BCUT2D eigenvalue weighted by Gasteiger charge is 2.34. The topological polar surface area (TPSA) is 97.6 Å². The first-order chi connectivity index (χ1) is 21.4. The van der Waals surface area contributed by atoms with Gasteiger partial charge in [0.2, 0.25) is 6.41 Å². The molecule has 0 spiro atoms. The molecule has 0 bridgehead atoms. The molecule has 5 rings (SSSR count). The molecule has 0 saturated heterocycles. The van der Waals surface area contributed by atoms with Crippen molar-refractivity contribution in [1.29, 1.82) is 0 Å². The molecule has 1 aliphatic heterocycles. The molecule has 0 radical (unpaired) electrons. The number of ether oxygens (including phenoxy) is 1. The van der Waals surface area contributed by atoms with Crippen molar-refractivity contribution in [1.82, 2.24) is 35.7 Å². The van der Waals surface area contributed by atoms with Crippen LogP contribution in [0.2, 0.25) is 0 Å². The number of H-pyrrole nitrogens is 1. The first kappa shape index (κ1) is 31.4. The van der Waals surface area contributed by atoms with Crippen molar-refractivity contribution in [2.75, 3.05) is 46.8 Å². The Bertz CT molecular complexity index is 1440. The van der Waals surface area contributed by atoms with E-state index in [2.05, 4.69) is 82.6 Å². The lowest BCUT2D eigenvalue weighted by Gasteiger charge is -2.36. The SMILES string of the molecule is C=C(CNC=O)N(CCC)Cc1ncc(-c2cc3c4c(c2)COC2=CC(/C(=C/NCCN(C)CCC)NC)CC(=C24)CC3)[nH]1. The van der Waals surface area contributed by atoms with Crippen molar-refractivity contribution >= 4 is 12.0 Å². The first-order valence-electron chi connectivity index (χ1n) is 16.1. The third kappa shape index (κ3) is 7.04. The molecule has 9 nitrogen and oxygen atoms in total. The lowest BCUT2D eigenvalue weighted by atomic mass is 9.74. The number of hydrogen-bond donors (Lipinski definition) is 4. The molecule has 2 aromatic rings. The highest BCUT2D eigenvalue weighted by atomic mass is 16.5. The van der Waals surface area contributed by atoms with Crippen molar-refractivity contribution in [3.05, 3.63) is 82.4 Å². The summed E-state index contributed by atoms with van der Waals surface area (Å²) in [6.07, 6.45) is 12.4. The third-order valence-electron chi connectivity index (χ3n) is 8.85. The number of nitrogens with one attached hydrogen (secondary N) is 4. The normalized spacial score (nSPS) is 17.1. The van der Waals surface area contributed by atoms with Crippen LogP contribution in [0.4, 0.5) is 0 Å². The van der Waals surface area contributed by atoms with Crippen molar-refractivity contribution in [3.8, 4) is 11.3 Å². The maximum absolute atomic E-state index is 10.8. The Morgan fingerprint density at radius 3 is 2.75 bits per heavy atom. The van der Waals surface area contributed by atoms with Gasteiger partial charge in [0, 0.05) is 61.3 Å². The van der Waals surface area contributed by atoms with Crippen LogP contribution in [-0.4, -0.2) is 73.0 Å². The molecule has 3 aliphatic rings. The van der Waals surface area contributed by atoms with Crippen LogP contribution in [-0.2, 0) is 29.1 Å². The van der Waals surface area contributed by atoms with Crippen LogP contribution < -0.4 is 16.0 Å². The number of allylic oxidation sites excluding steroid dienone is 3. The zero-order valence-electron chi connectivity index (χ0n) is 26.9. The average molecular weight is 600 g/mol. The summed E-state index contributed by atoms with van der Waals surface area (Å²) in [6, 6.07) is 4.61. The Labute approximate surface area is 262 Å². The molecule has 0 fully saturated rings. The summed E-state index contributed by atoms with van der Waals surface area (Å²) >= 11 is 0. The number of benzene rings is 1. The zero-order chi connectivity index (χ0) is 31.1. The van der Waals surface area contributed by atoms with Crippen LogP contribution in [0.15, 0.2) is 59.9 Å². The molecule has 1 atom stereocenters. The van der Waals surface area contributed by atoms with Gasteiger partial charge in [-0.1, -0.05) is 26.0 Å². The molecule has 0 saturated carbocycles. The van der Waals surface area contributed by atoms with Gasteiger partial charge in [0.25, 0.3) is 0 Å². The largest absolute Gasteiger partial charge is 0.489 e. The lowest BCUT2D eigenvalue weighted by Crippen LogP contribution is -2.29. The summed E-state index contributed by atoms with van der Waals surface area (Å²) in [6.45, 7) is 14.1. The van der Waals surface area contributed by atoms with Crippen molar-refractivity contribution < 1.29 is 9.53 Å². The van der Waals surface area contributed by atoms with E-state index in [4.69, 9.17) is 9.72 Å². The second-order valence-corrected chi connectivity index (χ2v) is 12.1. The molecule has 44 heavy (non-hydrogen) atoms. The van der Waals surface area contributed by atoms with E-state index >= 15 is 0 Å². The van der Waals surface area contributed by atoms with Crippen molar-refractivity contribution in [3.63, 3.8) is 0 Å². The van der Waals surface area contributed by atoms with E-state index in [0.29, 0.717) is 26.1 Å². The Balaban J connectivity index is 1.31. The number of aromatic amines is 1. The van der Waals surface area contributed by atoms with Gasteiger partial charge in [0.1, 0.15) is 18.2 Å². The minimum Gasteiger partial charge on any atom is -0.489 e. The summed E-state index contributed by atoms with van der Waals surface area (Å²) in [5, 5.41) is 9.69. The molecule has 2 heterocycles. The van der Waals surface area contributed by atoms with Crippen LogP contribution >= 0.6 is 0 Å². The molecule has 1 aromatic carbocycles. The number of hydrogen-bond acceptors (Lipinski definition) is 7. The zero-order valence-corrected chi connectivity index (χ0v) is 26.9. The Kier molecular flexibility index (Phi) is 10.5.